The maximum Gasteiger partial charge on any atom is 0.223 e. The van der Waals surface area contributed by atoms with E-state index in [1.807, 2.05) is 0 Å². The number of carbonyl (C=O) groups excluding carboxylic acids is 1. The molecule has 1 fully saturated rings. The number of hydrogen-bond acceptors (Lipinski definition) is 1. The van der Waals surface area contributed by atoms with Gasteiger partial charge in [-0.15, -0.1) is 0 Å². The summed E-state index contributed by atoms with van der Waals surface area (Å²) in [4.78, 5) is 12.2. The monoisotopic (exact) mass is 331 g/mol. The van der Waals surface area contributed by atoms with Crippen molar-refractivity contribution in [2.24, 2.45) is 11.8 Å². The van der Waals surface area contributed by atoms with Crippen LogP contribution in [0.2, 0.25) is 0 Å². The molecule has 1 atom stereocenters. The first-order chi connectivity index (χ1) is 9.21. The Hall–Kier alpha value is -0.0500. The molecule has 0 aromatic carbocycles. The number of unbranched alkanes of at least 4 members (excludes halogenated alkanes) is 1. The van der Waals surface area contributed by atoms with Gasteiger partial charge in [-0.2, -0.15) is 0 Å². The fraction of sp³-hybridized carbons (Fsp3) is 0.938. The van der Waals surface area contributed by atoms with Crippen LogP contribution in [0.25, 0.3) is 0 Å². The smallest absolute Gasteiger partial charge is 0.223 e. The van der Waals surface area contributed by atoms with Crippen molar-refractivity contribution >= 4 is 21.8 Å². The summed E-state index contributed by atoms with van der Waals surface area (Å²) >= 11 is 3.46. The average molecular weight is 332 g/mol. The summed E-state index contributed by atoms with van der Waals surface area (Å²) in [5, 5.41) is 4.19. The molecule has 0 aromatic rings. The third-order valence-electron chi connectivity index (χ3n) is 4.48. The number of carbonyl (C=O) groups is 1. The number of nitrogens with one attached hydrogen (secondary N) is 1. The topological polar surface area (TPSA) is 29.1 Å². The van der Waals surface area contributed by atoms with Crippen LogP contribution in [0.15, 0.2) is 0 Å². The predicted octanol–water partition coefficient (Wildman–Crippen LogP) is 4.66. The molecule has 1 unspecified atom stereocenters. The van der Waals surface area contributed by atoms with Gasteiger partial charge in [-0.05, 0) is 44.4 Å². The van der Waals surface area contributed by atoms with E-state index in [4.69, 9.17) is 0 Å². The third-order valence-corrected chi connectivity index (χ3v) is 4.94. The second-order valence-electron chi connectivity index (χ2n) is 5.95. The van der Waals surface area contributed by atoms with Crippen LogP contribution in [-0.4, -0.2) is 17.3 Å². The molecule has 0 heterocycles. The van der Waals surface area contributed by atoms with E-state index in [-0.39, 0.29) is 5.92 Å². The second kappa shape index (κ2) is 9.79. The number of hydrogen-bond donors (Lipinski definition) is 1. The SMILES string of the molecule is CCCCC1CCC(C(=O)NC(CC)CCBr)CC1. The van der Waals surface area contributed by atoms with Crippen molar-refractivity contribution in [3.63, 3.8) is 0 Å². The molecule has 0 radical (unpaired) electrons. The van der Waals surface area contributed by atoms with Gasteiger partial charge in [0.1, 0.15) is 0 Å². The molecule has 0 aliphatic heterocycles. The average Bonchev–Trinajstić information content (AvgIpc) is 2.45. The van der Waals surface area contributed by atoms with E-state index in [0.717, 1.165) is 36.9 Å². The highest BCUT2D eigenvalue weighted by Crippen LogP contribution is 2.32. The lowest BCUT2D eigenvalue weighted by atomic mass is 9.79. The Morgan fingerprint density at radius 3 is 2.47 bits per heavy atom. The Kier molecular flexibility index (Phi) is 8.76. The van der Waals surface area contributed by atoms with Gasteiger partial charge >= 0.3 is 0 Å². The van der Waals surface area contributed by atoms with Crippen molar-refractivity contribution in [3.8, 4) is 0 Å². The molecule has 0 saturated heterocycles. The highest BCUT2D eigenvalue weighted by Gasteiger charge is 2.26. The Morgan fingerprint density at radius 1 is 1.26 bits per heavy atom. The molecule has 0 bridgehead atoms. The molecule has 1 aliphatic carbocycles. The van der Waals surface area contributed by atoms with Crippen LogP contribution < -0.4 is 5.32 Å². The van der Waals surface area contributed by atoms with Gasteiger partial charge < -0.3 is 5.32 Å². The standard InChI is InChI=1S/C16H30BrNO/c1-3-5-6-13-7-9-14(10-8-13)16(19)18-15(4-2)11-12-17/h13-15H,3-12H2,1-2H3,(H,18,19). The molecule has 19 heavy (non-hydrogen) atoms. The Morgan fingerprint density at radius 2 is 1.95 bits per heavy atom. The Bertz CT molecular complexity index is 249. The zero-order valence-electron chi connectivity index (χ0n) is 12.6. The summed E-state index contributed by atoms with van der Waals surface area (Å²) in [6.07, 6.45) is 10.8. The fourth-order valence-corrected chi connectivity index (χ4v) is 3.59. The quantitative estimate of drug-likeness (QED) is 0.643. The van der Waals surface area contributed by atoms with E-state index in [1.165, 1.54) is 32.1 Å². The van der Waals surface area contributed by atoms with Crippen molar-refractivity contribution < 1.29 is 4.79 Å². The van der Waals surface area contributed by atoms with Gasteiger partial charge in [-0.3, -0.25) is 4.79 Å². The largest absolute Gasteiger partial charge is 0.353 e. The highest BCUT2D eigenvalue weighted by atomic mass is 79.9. The first-order valence-corrected chi connectivity index (χ1v) is 9.19. The second-order valence-corrected chi connectivity index (χ2v) is 6.74. The summed E-state index contributed by atoms with van der Waals surface area (Å²) in [5.74, 6) is 1.47. The molecule has 3 heteroatoms. The lowest BCUT2D eigenvalue weighted by Crippen LogP contribution is -2.40. The van der Waals surface area contributed by atoms with Crippen LogP contribution in [0.4, 0.5) is 0 Å². The minimum absolute atomic E-state index is 0.280. The van der Waals surface area contributed by atoms with Gasteiger partial charge in [-0.1, -0.05) is 49.0 Å². The number of halogens is 1. The summed E-state index contributed by atoms with van der Waals surface area (Å²) in [6, 6.07) is 0.352. The zero-order valence-corrected chi connectivity index (χ0v) is 14.2. The first kappa shape index (κ1) is 17.0. The van der Waals surface area contributed by atoms with Crippen molar-refractivity contribution in [2.75, 3.05) is 5.33 Å². The molecule has 0 aromatic heterocycles. The van der Waals surface area contributed by atoms with E-state index in [9.17, 15) is 4.79 Å². The summed E-state index contributed by atoms with van der Waals surface area (Å²) < 4.78 is 0. The van der Waals surface area contributed by atoms with Crippen molar-refractivity contribution in [3.05, 3.63) is 0 Å². The van der Waals surface area contributed by atoms with Crippen molar-refractivity contribution in [1.82, 2.24) is 5.32 Å². The molecule has 1 N–H and O–H groups in total. The Balaban J connectivity index is 2.28. The summed E-state index contributed by atoms with van der Waals surface area (Å²) in [5.41, 5.74) is 0. The van der Waals surface area contributed by atoms with Crippen molar-refractivity contribution in [1.29, 1.82) is 0 Å². The zero-order chi connectivity index (χ0) is 14.1. The van der Waals surface area contributed by atoms with Crippen LogP contribution in [0.1, 0.15) is 71.6 Å². The molecule has 1 rings (SSSR count). The van der Waals surface area contributed by atoms with E-state index in [2.05, 4.69) is 35.1 Å². The minimum Gasteiger partial charge on any atom is -0.353 e. The fourth-order valence-electron chi connectivity index (χ4n) is 3.04. The van der Waals surface area contributed by atoms with Crippen LogP contribution in [0.3, 0.4) is 0 Å². The molecule has 1 saturated carbocycles. The molecule has 1 aliphatic rings. The van der Waals surface area contributed by atoms with Crippen LogP contribution in [0, 0.1) is 11.8 Å². The molecule has 112 valence electrons. The molecule has 2 nitrogen and oxygen atoms in total. The summed E-state index contributed by atoms with van der Waals surface area (Å²) in [7, 11) is 0. The minimum atomic E-state index is 0.280. The van der Waals surface area contributed by atoms with Gasteiger partial charge in [0.15, 0.2) is 0 Å². The van der Waals surface area contributed by atoms with E-state index in [0.29, 0.717) is 11.9 Å². The molecular weight excluding hydrogens is 302 g/mol. The lowest BCUT2D eigenvalue weighted by Gasteiger charge is -2.29. The predicted molar refractivity (Wildman–Crippen MR) is 85.6 cm³/mol. The van der Waals surface area contributed by atoms with Crippen LogP contribution in [0.5, 0.6) is 0 Å². The molecule has 0 spiro atoms. The lowest BCUT2D eigenvalue weighted by molar-refractivity contribution is -0.127. The number of alkyl halides is 1. The van der Waals surface area contributed by atoms with Crippen LogP contribution in [-0.2, 0) is 4.79 Å². The number of rotatable bonds is 8. The third kappa shape index (κ3) is 6.29. The van der Waals surface area contributed by atoms with Gasteiger partial charge in [-0.25, -0.2) is 0 Å². The van der Waals surface area contributed by atoms with Gasteiger partial charge in [0.25, 0.3) is 0 Å². The first-order valence-electron chi connectivity index (χ1n) is 8.07. The van der Waals surface area contributed by atoms with Crippen molar-refractivity contribution in [2.45, 2.75) is 77.7 Å². The van der Waals surface area contributed by atoms with E-state index < -0.39 is 0 Å². The Labute approximate surface area is 127 Å². The molecular formula is C16H30BrNO. The highest BCUT2D eigenvalue weighted by molar-refractivity contribution is 9.09. The summed E-state index contributed by atoms with van der Waals surface area (Å²) in [6.45, 7) is 4.41. The van der Waals surface area contributed by atoms with E-state index >= 15 is 0 Å². The maximum absolute atomic E-state index is 12.2. The molecule has 1 amide bonds. The normalized spacial score (nSPS) is 25.0. The van der Waals surface area contributed by atoms with E-state index in [1.54, 1.807) is 0 Å². The van der Waals surface area contributed by atoms with Gasteiger partial charge in [0, 0.05) is 17.3 Å². The van der Waals surface area contributed by atoms with Gasteiger partial charge in [0.05, 0.1) is 0 Å². The number of amides is 1. The maximum atomic E-state index is 12.2. The van der Waals surface area contributed by atoms with Crippen LogP contribution >= 0.6 is 15.9 Å². The van der Waals surface area contributed by atoms with Gasteiger partial charge in [0.2, 0.25) is 5.91 Å².